The predicted octanol–water partition coefficient (Wildman–Crippen LogP) is 6.62. The van der Waals surface area contributed by atoms with E-state index in [0.717, 1.165) is 6.42 Å². The highest BCUT2D eigenvalue weighted by Crippen LogP contribution is 2.35. The van der Waals surface area contributed by atoms with Crippen LogP contribution >= 0.6 is 0 Å². The van der Waals surface area contributed by atoms with Crippen LogP contribution in [0.3, 0.4) is 0 Å². The fraction of sp³-hybridized carbons (Fsp3) is 0.455. The zero-order valence-corrected chi connectivity index (χ0v) is 15.8. The van der Waals surface area contributed by atoms with Crippen LogP contribution in [0.2, 0.25) is 0 Å². The summed E-state index contributed by atoms with van der Waals surface area (Å²) in [7, 11) is 0. The van der Waals surface area contributed by atoms with Crippen molar-refractivity contribution in [2.45, 2.75) is 65.8 Å². The summed E-state index contributed by atoms with van der Waals surface area (Å²) in [5, 5.41) is 0. The maximum atomic E-state index is 2.42. The number of hydrogen-bond acceptors (Lipinski definition) is 1. The Balaban J connectivity index is 2.46. The zero-order chi connectivity index (χ0) is 17.3. The summed E-state index contributed by atoms with van der Waals surface area (Å²) in [5.41, 5.74) is 5.45. The third-order valence-electron chi connectivity index (χ3n) is 4.72. The van der Waals surface area contributed by atoms with Gasteiger partial charge in [-0.15, -0.1) is 0 Å². The van der Waals surface area contributed by atoms with Gasteiger partial charge in [-0.3, -0.25) is 0 Å². The van der Waals surface area contributed by atoms with Gasteiger partial charge in [0, 0.05) is 16.9 Å². The van der Waals surface area contributed by atoms with Crippen LogP contribution in [0.4, 0.5) is 11.4 Å². The lowest BCUT2D eigenvalue weighted by molar-refractivity contribution is 0.506. The molecule has 2 rings (SSSR count). The quantitative estimate of drug-likeness (QED) is 0.613. The first kappa shape index (κ1) is 17.6. The molecule has 0 saturated carbocycles. The van der Waals surface area contributed by atoms with Crippen LogP contribution in [0.25, 0.3) is 0 Å². The fourth-order valence-electron chi connectivity index (χ4n) is 2.96. The maximum absolute atomic E-state index is 2.42. The highest BCUT2D eigenvalue weighted by molar-refractivity contribution is 5.66. The summed E-state index contributed by atoms with van der Waals surface area (Å²) < 4.78 is 0. The van der Waals surface area contributed by atoms with E-state index in [0.29, 0.717) is 0 Å². The minimum absolute atomic E-state index is 0.0234. The summed E-state index contributed by atoms with van der Waals surface area (Å²) in [5.74, 6) is 0. The monoisotopic (exact) mass is 309 g/mol. The highest BCUT2D eigenvalue weighted by Gasteiger charge is 2.24. The van der Waals surface area contributed by atoms with Crippen molar-refractivity contribution < 1.29 is 0 Å². The second-order valence-corrected chi connectivity index (χ2v) is 8.13. The molecule has 0 heterocycles. The molecule has 23 heavy (non-hydrogen) atoms. The summed E-state index contributed by atoms with van der Waals surface area (Å²) >= 11 is 0. The average Bonchev–Trinajstić information content (AvgIpc) is 2.46. The molecule has 0 atom stereocenters. The van der Waals surface area contributed by atoms with Crippen molar-refractivity contribution in [3.63, 3.8) is 0 Å². The van der Waals surface area contributed by atoms with E-state index in [4.69, 9.17) is 0 Å². The second-order valence-electron chi connectivity index (χ2n) is 8.13. The van der Waals surface area contributed by atoms with Crippen LogP contribution < -0.4 is 4.90 Å². The van der Waals surface area contributed by atoms with E-state index in [1.165, 1.54) is 22.5 Å². The molecule has 0 aromatic heterocycles. The van der Waals surface area contributed by atoms with Crippen molar-refractivity contribution in [1.29, 1.82) is 0 Å². The van der Waals surface area contributed by atoms with E-state index in [9.17, 15) is 0 Å². The lowest BCUT2D eigenvalue weighted by Crippen LogP contribution is -2.37. The Morgan fingerprint density at radius 3 is 1.91 bits per heavy atom. The van der Waals surface area contributed by atoms with Crippen molar-refractivity contribution >= 4 is 11.4 Å². The summed E-state index contributed by atoms with van der Waals surface area (Å²) in [6.45, 7) is 15.8. The van der Waals surface area contributed by atoms with E-state index in [1.807, 2.05) is 0 Å². The summed E-state index contributed by atoms with van der Waals surface area (Å²) in [4.78, 5) is 2.42. The molecule has 0 bridgehead atoms. The Morgan fingerprint density at radius 1 is 0.826 bits per heavy atom. The molecule has 0 spiro atoms. The molecule has 2 aromatic carbocycles. The number of anilines is 2. The van der Waals surface area contributed by atoms with Gasteiger partial charge in [-0.25, -0.2) is 0 Å². The topological polar surface area (TPSA) is 3.24 Å². The van der Waals surface area contributed by atoms with Crippen LogP contribution in [-0.2, 0) is 5.41 Å². The highest BCUT2D eigenvalue weighted by atomic mass is 15.2. The van der Waals surface area contributed by atoms with Gasteiger partial charge >= 0.3 is 0 Å². The number of aryl methyl sites for hydroxylation is 1. The maximum Gasteiger partial charge on any atom is 0.0418 e. The zero-order valence-electron chi connectivity index (χ0n) is 15.8. The number of hydrogen-bond donors (Lipinski definition) is 0. The molecule has 0 aliphatic heterocycles. The van der Waals surface area contributed by atoms with Crippen LogP contribution in [0.15, 0.2) is 48.5 Å². The third-order valence-corrected chi connectivity index (χ3v) is 4.72. The van der Waals surface area contributed by atoms with Gasteiger partial charge in [0.2, 0.25) is 0 Å². The summed E-state index contributed by atoms with van der Waals surface area (Å²) in [6, 6.07) is 17.8. The molecule has 0 radical (unpaired) electrons. The van der Waals surface area contributed by atoms with Crippen molar-refractivity contribution in [2.75, 3.05) is 4.90 Å². The Bertz CT molecular complexity index is 644. The first-order valence-electron chi connectivity index (χ1n) is 8.62. The molecule has 0 N–H and O–H groups in total. The number of benzene rings is 2. The largest absolute Gasteiger partial charge is 0.336 e. The van der Waals surface area contributed by atoms with Gasteiger partial charge in [0.15, 0.2) is 0 Å². The molecule has 0 amide bonds. The summed E-state index contributed by atoms with van der Waals surface area (Å²) in [6.07, 6.45) is 1.15. The van der Waals surface area contributed by atoms with E-state index in [1.54, 1.807) is 0 Å². The molecule has 1 heteroatoms. The Labute approximate surface area is 142 Å². The smallest absolute Gasteiger partial charge is 0.0418 e. The molecule has 0 aliphatic rings. The third kappa shape index (κ3) is 3.96. The van der Waals surface area contributed by atoms with Gasteiger partial charge in [0.05, 0.1) is 0 Å². The van der Waals surface area contributed by atoms with Gasteiger partial charge in [-0.05, 0) is 74.9 Å². The molecule has 0 aliphatic carbocycles. The van der Waals surface area contributed by atoms with Gasteiger partial charge in [0.25, 0.3) is 0 Å². The van der Waals surface area contributed by atoms with Crippen molar-refractivity contribution in [1.82, 2.24) is 0 Å². The predicted molar refractivity (Wildman–Crippen MR) is 103 cm³/mol. The van der Waals surface area contributed by atoms with Crippen molar-refractivity contribution in [3.05, 3.63) is 59.7 Å². The SMILES string of the molecule is CCC(C)(C)c1ccc(N(c2cccc(C)c2)C(C)(C)C)cc1. The van der Waals surface area contributed by atoms with Gasteiger partial charge < -0.3 is 4.90 Å². The Morgan fingerprint density at radius 2 is 1.43 bits per heavy atom. The molecule has 0 unspecified atom stereocenters. The molecule has 0 saturated heterocycles. The number of rotatable bonds is 4. The van der Waals surface area contributed by atoms with Crippen molar-refractivity contribution in [2.24, 2.45) is 0 Å². The number of nitrogens with zero attached hydrogens (tertiary/aromatic N) is 1. The average molecular weight is 309 g/mol. The lowest BCUT2D eigenvalue weighted by Gasteiger charge is -2.38. The fourth-order valence-corrected chi connectivity index (χ4v) is 2.96. The van der Waals surface area contributed by atoms with Crippen LogP contribution in [0.5, 0.6) is 0 Å². The Hall–Kier alpha value is -1.76. The molecule has 2 aromatic rings. The van der Waals surface area contributed by atoms with Crippen LogP contribution in [0.1, 0.15) is 59.1 Å². The second kappa shape index (κ2) is 6.39. The minimum atomic E-state index is 0.0234. The molecule has 124 valence electrons. The molecule has 0 fully saturated rings. The van der Waals surface area contributed by atoms with Gasteiger partial charge in [0.1, 0.15) is 0 Å². The first-order valence-corrected chi connectivity index (χ1v) is 8.62. The normalized spacial score (nSPS) is 12.3. The van der Waals surface area contributed by atoms with Crippen molar-refractivity contribution in [3.8, 4) is 0 Å². The first-order chi connectivity index (χ1) is 10.6. The standard InChI is InChI=1S/C22H31N/c1-8-22(6,7)18-12-14-19(15-13-18)23(21(3,4)5)20-11-9-10-17(2)16-20/h9-16H,8H2,1-7H3. The minimum Gasteiger partial charge on any atom is -0.336 e. The van der Waals surface area contributed by atoms with E-state index in [-0.39, 0.29) is 11.0 Å². The molecular formula is C22H31N. The van der Waals surface area contributed by atoms with Gasteiger partial charge in [-0.2, -0.15) is 0 Å². The van der Waals surface area contributed by atoms with Crippen LogP contribution in [0, 0.1) is 6.92 Å². The lowest BCUT2D eigenvalue weighted by atomic mass is 9.82. The van der Waals surface area contributed by atoms with Gasteiger partial charge in [-0.1, -0.05) is 45.0 Å². The molecular weight excluding hydrogens is 278 g/mol. The Kier molecular flexibility index (Phi) is 4.89. The van der Waals surface area contributed by atoms with Crippen LogP contribution in [-0.4, -0.2) is 5.54 Å². The van der Waals surface area contributed by atoms with E-state index in [2.05, 4.69) is 102 Å². The molecule has 1 nitrogen and oxygen atoms in total. The van der Waals surface area contributed by atoms with E-state index >= 15 is 0 Å². The van der Waals surface area contributed by atoms with E-state index < -0.39 is 0 Å².